The number of nitrogens with one attached hydrogen (secondary N) is 3. The van der Waals surface area contributed by atoms with Crippen LogP contribution < -0.4 is 10.6 Å². The Kier molecular flexibility index (Phi) is 6.36. The third-order valence-electron chi connectivity index (χ3n) is 7.16. The average Bonchev–Trinajstić information content (AvgIpc) is 3.51. The molecule has 11 heteroatoms. The molecule has 0 radical (unpaired) electrons. The van der Waals surface area contributed by atoms with Crippen molar-refractivity contribution in [3.63, 3.8) is 0 Å². The first-order valence-electron chi connectivity index (χ1n) is 12.4. The molecular formula is C28H24ClFN6O3. The van der Waals surface area contributed by atoms with Crippen LogP contribution in [0.2, 0.25) is 5.02 Å². The first-order valence-corrected chi connectivity index (χ1v) is 12.8. The molecule has 2 amide bonds. The van der Waals surface area contributed by atoms with Crippen LogP contribution in [-0.4, -0.2) is 50.7 Å². The summed E-state index contributed by atoms with van der Waals surface area (Å²) in [5, 5.41) is 13.3. The van der Waals surface area contributed by atoms with E-state index in [-0.39, 0.29) is 30.7 Å². The summed E-state index contributed by atoms with van der Waals surface area (Å²) >= 11 is 6.24. The van der Waals surface area contributed by atoms with Crippen LogP contribution in [0.15, 0.2) is 55.1 Å². The van der Waals surface area contributed by atoms with E-state index in [1.165, 1.54) is 24.8 Å². The van der Waals surface area contributed by atoms with E-state index in [2.05, 4.69) is 30.8 Å². The van der Waals surface area contributed by atoms with Gasteiger partial charge in [-0.3, -0.25) is 14.7 Å². The fraction of sp³-hybridized carbons (Fsp3) is 0.250. The summed E-state index contributed by atoms with van der Waals surface area (Å²) in [5.41, 5.74) is 4.26. The number of nitrogens with zero attached hydrogens (tertiary/aromatic N) is 3. The molecule has 0 bridgehead atoms. The van der Waals surface area contributed by atoms with Crippen molar-refractivity contribution in [3.05, 3.63) is 88.3 Å². The van der Waals surface area contributed by atoms with Crippen LogP contribution in [0.1, 0.15) is 39.6 Å². The Morgan fingerprint density at radius 3 is 2.64 bits per heavy atom. The Balaban J connectivity index is 1.24. The van der Waals surface area contributed by atoms with E-state index in [0.717, 1.165) is 28.8 Å². The fourth-order valence-corrected chi connectivity index (χ4v) is 5.32. The van der Waals surface area contributed by atoms with Gasteiger partial charge in [-0.15, -0.1) is 0 Å². The van der Waals surface area contributed by atoms with Gasteiger partial charge in [0, 0.05) is 28.7 Å². The highest BCUT2D eigenvalue weighted by atomic mass is 35.5. The fourth-order valence-electron chi connectivity index (χ4n) is 5.11. The van der Waals surface area contributed by atoms with E-state index in [4.69, 9.17) is 16.3 Å². The van der Waals surface area contributed by atoms with Gasteiger partial charge in [0.25, 0.3) is 11.8 Å². The quantitative estimate of drug-likeness (QED) is 0.337. The number of carbonyl (C=O) groups is 2. The highest BCUT2D eigenvalue weighted by Crippen LogP contribution is 2.40. The summed E-state index contributed by atoms with van der Waals surface area (Å²) in [5.74, 6) is -1.21. The van der Waals surface area contributed by atoms with Crippen LogP contribution in [0.5, 0.6) is 0 Å². The number of fused-ring (bicyclic) bond motifs is 1. The Morgan fingerprint density at radius 2 is 1.95 bits per heavy atom. The van der Waals surface area contributed by atoms with Gasteiger partial charge in [-0.25, -0.2) is 14.4 Å². The van der Waals surface area contributed by atoms with E-state index in [1.54, 1.807) is 12.1 Å². The van der Waals surface area contributed by atoms with Crippen LogP contribution in [0.3, 0.4) is 0 Å². The minimum Gasteiger partial charge on any atom is -0.375 e. The molecule has 0 saturated carbocycles. The van der Waals surface area contributed by atoms with Crippen LogP contribution in [-0.2, 0) is 16.0 Å². The van der Waals surface area contributed by atoms with Crippen molar-refractivity contribution in [1.82, 2.24) is 30.8 Å². The largest absolute Gasteiger partial charge is 0.375 e. The number of benzene rings is 2. The van der Waals surface area contributed by atoms with Gasteiger partial charge in [0.05, 0.1) is 30.5 Å². The third kappa shape index (κ3) is 4.66. The Morgan fingerprint density at radius 1 is 1.15 bits per heavy atom. The van der Waals surface area contributed by atoms with Gasteiger partial charge in [-0.1, -0.05) is 29.8 Å². The minimum absolute atomic E-state index is 0.0759. The zero-order valence-electron chi connectivity index (χ0n) is 20.9. The van der Waals surface area contributed by atoms with Gasteiger partial charge in [0.1, 0.15) is 12.1 Å². The summed E-state index contributed by atoms with van der Waals surface area (Å²) in [4.78, 5) is 33.7. The maximum absolute atomic E-state index is 15.1. The van der Waals surface area contributed by atoms with Crippen LogP contribution in [0.4, 0.5) is 4.39 Å². The number of hydrogen-bond acceptors (Lipinski definition) is 6. The second kappa shape index (κ2) is 9.87. The topological polar surface area (TPSA) is 122 Å². The molecule has 1 fully saturated rings. The molecule has 4 aromatic rings. The molecule has 2 aromatic heterocycles. The van der Waals surface area contributed by atoms with Crippen molar-refractivity contribution in [1.29, 1.82) is 0 Å². The van der Waals surface area contributed by atoms with Gasteiger partial charge >= 0.3 is 0 Å². The van der Waals surface area contributed by atoms with Crippen molar-refractivity contribution < 1.29 is 18.7 Å². The molecule has 6 rings (SSSR count). The van der Waals surface area contributed by atoms with Gasteiger partial charge in [0.2, 0.25) is 0 Å². The molecule has 1 saturated heterocycles. The number of aryl methyl sites for hydroxylation is 2. The highest BCUT2D eigenvalue weighted by molar-refractivity contribution is 6.31. The summed E-state index contributed by atoms with van der Waals surface area (Å²) in [6, 6.07) is 10.4. The molecule has 0 spiro atoms. The molecule has 9 nitrogen and oxygen atoms in total. The molecule has 2 aliphatic rings. The number of hydrogen-bond donors (Lipinski definition) is 3. The van der Waals surface area contributed by atoms with Crippen molar-refractivity contribution in [2.24, 2.45) is 0 Å². The van der Waals surface area contributed by atoms with Gasteiger partial charge in [-0.2, -0.15) is 5.10 Å². The number of aromatic amines is 1. The molecule has 0 unspecified atom stereocenters. The maximum Gasteiger partial charge on any atom is 0.255 e. The van der Waals surface area contributed by atoms with Gasteiger partial charge < -0.3 is 15.4 Å². The third-order valence-corrected chi connectivity index (χ3v) is 7.38. The highest BCUT2D eigenvalue weighted by Gasteiger charge is 2.48. The van der Waals surface area contributed by atoms with Gasteiger partial charge in [0.15, 0.2) is 5.54 Å². The van der Waals surface area contributed by atoms with Crippen molar-refractivity contribution in [2.75, 3.05) is 13.2 Å². The van der Waals surface area contributed by atoms with E-state index in [9.17, 15) is 9.59 Å². The minimum atomic E-state index is -1.16. The number of rotatable bonds is 6. The van der Waals surface area contributed by atoms with Crippen LogP contribution in [0, 0.1) is 12.7 Å². The number of carbonyl (C=O) groups excluding carboxylic acids is 2. The lowest BCUT2D eigenvalue weighted by Gasteiger charge is -2.40. The van der Waals surface area contributed by atoms with Crippen molar-refractivity contribution in [2.45, 2.75) is 31.3 Å². The van der Waals surface area contributed by atoms with Crippen molar-refractivity contribution in [3.8, 4) is 22.4 Å². The molecule has 3 heterocycles. The zero-order valence-corrected chi connectivity index (χ0v) is 21.7. The second-order valence-electron chi connectivity index (χ2n) is 9.88. The average molecular weight is 547 g/mol. The molecule has 39 heavy (non-hydrogen) atoms. The van der Waals surface area contributed by atoms with E-state index in [0.29, 0.717) is 28.3 Å². The van der Waals surface area contributed by atoms with Crippen molar-refractivity contribution >= 4 is 23.4 Å². The maximum atomic E-state index is 15.1. The summed E-state index contributed by atoms with van der Waals surface area (Å²) < 4.78 is 20.4. The van der Waals surface area contributed by atoms with E-state index in [1.807, 2.05) is 25.1 Å². The second-order valence-corrected chi connectivity index (χ2v) is 10.3. The predicted octanol–water partition coefficient (Wildman–Crippen LogP) is 3.94. The van der Waals surface area contributed by atoms with E-state index < -0.39 is 17.3 Å². The molecule has 1 atom stereocenters. The smallest absolute Gasteiger partial charge is 0.255 e. The molecule has 2 aromatic carbocycles. The number of aromatic nitrogens is 4. The first kappa shape index (κ1) is 25.1. The Bertz CT molecular complexity index is 1590. The monoisotopic (exact) mass is 546 g/mol. The van der Waals surface area contributed by atoms with Gasteiger partial charge in [-0.05, 0) is 60.2 Å². The lowest BCUT2D eigenvalue weighted by molar-refractivity contribution is -0.147. The SMILES string of the molecule is Cc1cc(-c2c(F)cc(Cl)cc2-c2ccc3c(c2)CC[C@@H]3NC(=O)C2(NC(=O)c3cncnc3)COC2)n[nH]1. The number of H-pyrrole nitrogens is 1. The predicted molar refractivity (Wildman–Crippen MR) is 141 cm³/mol. The van der Waals surface area contributed by atoms with Crippen LogP contribution >= 0.6 is 11.6 Å². The number of halogens is 2. The number of amides is 2. The molecule has 198 valence electrons. The molecule has 1 aliphatic heterocycles. The molecule has 1 aliphatic carbocycles. The van der Waals surface area contributed by atoms with E-state index >= 15 is 4.39 Å². The van der Waals surface area contributed by atoms with Crippen LogP contribution in [0.25, 0.3) is 22.4 Å². The molecular weight excluding hydrogens is 523 g/mol. The Labute approximate surface area is 228 Å². The standard InChI is InChI=1S/C28H24ClFN6O3/c1-15-6-24(36-35-15)25-21(8-19(29)9-22(25)30)17-2-4-20-16(7-17)3-5-23(20)33-27(38)28(12-39-13-28)34-26(37)18-10-31-14-32-11-18/h2,4,6-11,14,23H,3,5,12-13H2,1H3,(H,33,38)(H,34,37)(H,35,36)/t23-/m0/s1. The summed E-state index contributed by atoms with van der Waals surface area (Å²) in [7, 11) is 0. The first-order chi connectivity index (χ1) is 18.8. The summed E-state index contributed by atoms with van der Waals surface area (Å²) in [6.07, 6.45) is 5.53. The Hall–Kier alpha value is -4.15. The number of ether oxygens (including phenoxy) is 1. The normalized spacial score (nSPS) is 17.3. The summed E-state index contributed by atoms with van der Waals surface area (Å²) in [6.45, 7) is 2.01. The lowest BCUT2D eigenvalue weighted by atomic mass is 9.93. The zero-order chi connectivity index (χ0) is 27.1. The lowest BCUT2D eigenvalue weighted by Crippen LogP contribution is -2.70. The molecule has 3 N–H and O–H groups in total.